The fourth-order valence-electron chi connectivity index (χ4n) is 4.23. The highest BCUT2D eigenvalue weighted by Crippen LogP contribution is 2.31. The minimum atomic E-state index is -0.500. The predicted molar refractivity (Wildman–Crippen MR) is 138 cm³/mol. The van der Waals surface area contributed by atoms with Gasteiger partial charge in [0.1, 0.15) is 16.4 Å². The minimum absolute atomic E-state index is 0.138. The Morgan fingerprint density at radius 3 is 2.50 bits per heavy atom. The standard InChI is InChI=1S/C27H31N3O3S/c1-18(2)14-30(15-21(31)13-19-7-5-4-6-8-19)16-24-28-26(32)25-23(17-34-27(25)29-24)20-9-11-22(33-3)12-10-20/h4-12,17-18,21,31H,13-16H2,1-3H3,(H,28,29,32)/t21-/m0/s1. The molecule has 4 aromatic rings. The molecule has 2 heterocycles. The van der Waals surface area contributed by atoms with Crippen LogP contribution >= 0.6 is 11.3 Å². The van der Waals surface area contributed by atoms with Crippen molar-refractivity contribution >= 4 is 21.6 Å². The van der Waals surface area contributed by atoms with Crippen LogP contribution in [-0.2, 0) is 13.0 Å². The first-order chi connectivity index (χ1) is 16.4. The van der Waals surface area contributed by atoms with Gasteiger partial charge in [0.05, 0.1) is 25.1 Å². The molecule has 0 aliphatic carbocycles. The van der Waals surface area contributed by atoms with Crippen molar-refractivity contribution < 1.29 is 9.84 Å². The molecule has 0 aliphatic rings. The SMILES string of the molecule is COc1ccc(-c2csc3nc(CN(CC(C)C)C[C@@H](O)Cc4ccccc4)[nH]c(=O)c23)cc1. The van der Waals surface area contributed by atoms with Gasteiger partial charge in [-0.05, 0) is 35.6 Å². The van der Waals surface area contributed by atoms with Gasteiger partial charge in [0.15, 0.2) is 0 Å². The van der Waals surface area contributed by atoms with Crippen LogP contribution in [0.3, 0.4) is 0 Å². The zero-order chi connectivity index (χ0) is 24.1. The van der Waals surface area contributed by atoms with Crippen LogP contribution in [0.1, 0.15) is 25.2 Å². The van der Waals surface area contributed by atoms with Crippen LogP contribution in [0.25, 0.3) is 21.3 Å². The molecule has 0 bridgehead atoms. The summed E-state index contributed by atoms with van der Waals surface area (Å²) in [7, 11) is 1.63. The van der Waals surface area contributed by atoms with E-state index in [0.29, 0.717) is 36.6 Å². The molecule has 2 N–H and O–H groups in total. The van der Waals surface area contributed by atoms with E-state index in [-0.39, 0.29) is 5.56 Å². The summed E-state index contributed by atoms with van der Waals surface area (Å²) in [5.41, 5.74) is 2.80. The van der Waals surface area contributed by atoms with E-state index in [1.165, 1.54) is 11.3 Å². The summed E-state index contributed by atoms with van der Waals surface area (Å²) in [4.78, 5) is 23.7. The Morgan fingerprint density at radius 2 is 1.82 bits per heavy atom. The van der Waals surface area contributed by atoms with Crippen molar-refractivity contribution in [2.24, 2.45) is 5.92 Å². The second kappa shape index (κ2) is 11.0. The van der Waals surface area contributed by atoms with Crippen LogP contribution in [0.5, 0.6) is 5.75 Å². The van der Waals surface area contributed by atoms with Crippen molar-refractivity contribution in [1.29, 1.82) is 0 Å². The van der Waals surface area contributed by atoms with Crippen molar-refractivity contribution in [2.45, 2.75) is 32.9 Å². The molecule has 178 valence electrons. The van der Waals surface area contributed by atoms with E-state index >= 15 is 0 Å². The molecular weight excluding hydrogens is 446 g/mol. The number of hydrogen-bond acceptors (Lipinski definition) is 6. The van der Waals surface area contributed by atoms with Crippen molar-refractivity contribution in [3.63, 3.8) is 0 Å². The molecule has 2 aromatic carbocycles. The number of hydrogen-bond donors (Lipinski definition) is 2. The summed E-state index contributed by atoms with van der Waals surface area (Å²) in [5.74, 6) is 1.81. The molecule has 0 saturated carbocycles. The van der Waals surface area contributed by atoms with Crippen LogP contribution < -0.4 is 10.3 Å². The molecule has 34 heavy (non-hydrogen) atoms. The number of aromatic amines is 1. The fourth-order valence-corrected chi connectivity index (χ4v) is 5.20. The van der Waals surface area contributed by atoms with E-state index in [1.807, 2.05) is 60.0 Å². The van der Waals surface area contributed by atoms with E-state index in [0.717, 1.165) is 33.8 Å². The summed E-state index contributed by atoms with van der Waals surface area (Å²) in [5, 5.41) is 13.3. The van der Waals surface area contributed by atoms with Crippen molar-refractivity contribution in [3.05, 3.63) is 81.7 Å². The second-order valence-corrected chi connectivity index (χ2v) is 9.86. The first-order valence-corrected chi connectivity index (χ1v) is 12.4. The number of aromatic nitrogens is 2. The molecule has 2 aromatic heterocycles. The van der Waals surface area contributed by atoms with Crippen LogP contribution in [0.2, 0.25) is 0 Å². The lowest BCUT2D eigenvalue weighted by Crippen LogP contribution is -2.36. The van der Waals surface area contributed by atoms with Gasteiger partial charge in [-0.25, -0.2) is 4.98 Å². The summed E-state index contributed by atoms with van der Waals surface area (Å²) < 4.78 is 5.24. The smallest absolute Gasteiger partial charge is 0.260 e. The van der Waals surface area contributed by atoms with Gasteiger partial charge >= 0.3 is 0 Å². The molecular formula is C27H31N3O3S. The highest BCUT2D eigenvalue weighted by molar-refractivity contribution is 7.17. The number of fused-ring (bicyclic) bond motifs is 1. The van der Waals surface area contributed by atoms with Crippen LogP contribution in [-0.4, -0.2) is 46.3 Å². The highest BCUT2D eigenvalue weighted by atomic mass is 32.1. The zero-order valence-corrected chi connectivity index (χ0v) is 20.6. The van der Waals surface area contributed by atoms with Gasteiger partial charge in [-0.1, -0.05) is 56.3 Å². The molecule has 7 heteroatoms. The Balaban J connectivity index is 1.54. The Bertz CT molecular complexity index is 1270. The van der Waals surface area contributed by atoms with Gasteiger partial charge in [-0.3, -0.25) is 9.69 Å². The van der Waals surface area contributed by atoms with Crippen LogP contribution in [0, 0.1) is 5.92 Å². The lowest BCUT2D eigenvalue weighted by molar-refractivity contribution is 0.100. The molecule has 6 nitrogen and oxygen atoms in total. The number of nitrogens with zero attached hydrogens (tertiary/aromatic N) is 2. The Hall–Kier alpha value is -3.00. The van der Waals surface area contributed by atoms with Gasteiger partial charge in [0.2, 0.25) is 0 Å². The summed E-state index contributed by atoms with van der Waals surface area (Å²) in [6, 6.07) is 17.7. The maximum atomic E-state index is 13.1. The molecule has 0 unspecified atom stereocenters. The van der Waals surface area contributed by atoms with E-state index in [9.17, 15) is 9.90 Å². The third-order valence-corrected chi connectivity index (χ3v) is 6.55. The van der Waals surface area contributed by atoms with Gasteiger partial charge in [0.25, 0.3) is 5.56 Å². The van der Waals surface area contributed by atoms with Gasteiger partial charge in [0, 0.05) is 24.0 Å². The molecule has 0 saturated heterocycles. The quantitative estimate of drug-likeness (QED) is 0.346. The molecule has 0 fully saturated rings. The molecule has 1 atom stereocenters. The second-order valence-electron chi connectivity index (χ2n) is 9.00. The Morgan fingerprint density at radius 1 is 1.09 bits per heavy atom. The first-order valence-electron chi connectivity index (χ1n) is 11.5. The summed E-state index contributed by atoms with van der Waals surface area (Å²) >= 11 is 1.47. The van der Waals surface area contributed by atoms with Crippen molar-refractivity contribution in [3.8, 4) is 16.9 Å². The maximum Gasteiger partial charge on any atom is 0.260 e. The molecule has 0 radical (unpaired) electrons. The average Bonchev–Trinajstić information content (AvgIpc) is 3.24. The number of methoxy groups -OCH3 is 1. The zero-order valence-electron chi connectivity index (χ0n) is 19.8. The highest BCUT2D eigenvalue weighted by Gasteiger charge is 2.18. The predicted octanol–water partition coefficient (Wildman–Crippen LogP) is 4.72. The largest absolute Gasteiger partial charge is 0.497 e. The van der Waals surface area contributed by atoms with Gasteiger partial charge < -0.3 is 14.8 Å². The molecule has 4 rings (SSSR count). The number of H-pyrrole nitrogens is 1. The Kier molecular flexibility index (Phi) is 7.77. The van der Waals surface area contributed by atoms with Crippen LogP contribution in [0.15, 0.2) is 64.8 Å². The number of aliphatic hydroxyl groups is 1. The van der Waals surface area contributed by atoms with Crippen LogP contribution in [0.4, 0.5) is 0 Å². The third-order valence-electron chi connectivity index (χ3n) is 5.67. The molecule has 0 aliphatic heterocycles. The molecule has 0 spiro atoms. The number of aliphatic hydroxyl groups excluding tert-OH is 1. The lowest BCUT2D eigenvalue weighted by Gasteiger charge is -2.26. The van der Waals surface area contributed by atoms with Crippen molar-refractivity contribution in [1.82, 2.24) is 14.9 Å². The van der Waals surface area contributed by atoms with E-state index in [2.05, 4.69) is 23.7 Å². The summed E-state index contributed by atoms with van der Waals surface area (Å²) in [6.07, 6.45) is 0.0918. The fraction of sp³-hybridized carbons (Fsp3) is 0.333. The van der Waals surface area contributed by atoms with E-state index in [4.69, 9.17) is 9.72 Å². The molecule has 0 amide bonds. The normalized spacial score (nSPS) is 12.5. The maximum absolute atomic E-state index is 13.1. The number of ether oxygens (including phenoxy) is 1. The first kappa shape index (κ1) is 24.1. The third kappa shape index (κ3) is 5.91. The van der Waals surface area contributed by atoms with E-state index in [1.54, 1.807) is 7.11 Å². The van der Waals surface area contributed by atoms with Crippen molar-refractivity contribution in [2.75, 3.05) is 20.2 Å². The Labute approximate surface area is 203 Å². The number of thiophene rings is 1. The number of nitrogens with one attached hydrogen (secondary N) is 1. The lowest BCUT2D eigenvalue weighted by atomic mass is 10.1. The number of benzene rings is 2. The van der Waals surface area contributed by atoms with Gasteiger partial charge in [-0.15, -0.1) is 11.3 Å². The summed E-state index contributed by atoms with van der Waals surface area (Å²) in [6.45, 7) is 6.09. The number of rotatable bonds is 10. The average molecular weight is 478 g/mol. The van der Waals surface area contributed by atoms with Gasteiger partial charge in [-0.2, -0.15) is 0 Å². The minimum Gasteiger partial charge on any atom is -0.497 e. The van der Waals surface area contributed by atoms with E-state index < -0.39 is 6.10 Å². The topological polar surface area (TPSA) is 78.5 Å². The monoisotopic (exact) mass is 477 g/mol.